The molecule has 0 aromatic heterocycles. The number of hydrogen-bond acceptors (Lipinski definition) is 4. The number of benzene rings is 4. The summed E-state index contributed by atoms with van der Waals surface area (Å²) >= 11 is 0. The van der Waals surface area contributed by atoms with Crippen LogP contribution in [0.25, 0.3) is 22.8 Å². The first-order chi connectivity index (χ1) is 21.2. The van der Waals surface area contributed by atoms with Gasteiger partial charge in [0.15, 0.2) is 0 Å². The first-order valence-electron chi connectivity index (χ1n) is 14.8. The molecule has 0 amide bonds. The first kappa shape index (κ1) is 30.2. The third-order valence-electron chi connectivity index (χ3n) is 7.94. The molecule has 4 aromatic rings. The summed E-state index contributed by atoms with van der Waals surface area (Å²) in [5, 5.41) is 2.07. The summed E-state index contributed by atoms with van der Waals surface area (Å²) in [4.78, 5) is 20.2. The van der Waals surface area contributed by atoms with Gasteiger partial charge in [0.1, 0.15) is 0 Å². The van der Waals surface area contributed by atoms with Gasteiger partial charge in [-0.2, -0.15) is 0 Å². The van der Waals surface area contributed by atoms with Crippen molar-refractivity contribution >= 4 is 45.6 Å². The van der Waals surface area contributed by atoms with Crippen LogP contribution in [-0.4, -0.2) is 22.8 Å². The molecule has 5 rings (SSSR count). The van der Waals surface area contributed by atoms with Crippen LogP contribution < -0.4 is 10.4 Å². The second-order valence-corrected chi connectivity index (χ2v) is 11.0. The highest BCUT2D eigenvalue weighted by molar-refractivity contribution is 6.14. The van der Waals surface area contributed by atoms with Crippen molar-refractivity contribution < 1.29 is 0 Å². The average molecular weight is 575 g/mol. The summed E-state index contributed by atoms with van der Waals surface area (Å²) in [6.45, 7) is 21.0. The summed E-state index contributed by atoms with van der Waals surface area (Å²) in [6, 6.07) is 32.8. The fourth-order valence-electron chi connectivity index (χ4n) is 5.72. The van der Waals surface area contributed by atoms with Crippen molar-refractivity contribution in [3.8, 4) is 0 Å². The van der Waals surface area contributed by atoms with Gasteiger partial charge in [0.2, 0.25) is 0 Å². The van der Waals surface area contributed by atoms with E-state index in [1.165, 1.54) is 0 Å². The second-order valence-electron chi connectivity index (χ2n) is 11.0. The lowest BCUT2D eigenvalue weighted by Crippen LogP contribution is -2.27. The van der Waals surface area contributed by atoms with Gasteiger partial charge in [-0.3, -0.25) is 20.0 Å². The summed E-state index contributed by atoms with van der Waals surface area (Å²) in [5.74, 6) is 0. The third-order valence-corrected chi connectivity index (χ3v) is 7.94. The number of fused-ring (bicyclic) bond motifs is 4. The van der Waals surface area contributed by atoms with Crippen LogP contribution in [0.4, 0.5) is 0 Å². The molecule has 1 heterocycles. The molecule has 1 aliphatic rings. The molecular formula is C40H38N4. The van der Waals surface area contributed by atoms with Crippen LogP contribution in [0, 0.1) is 0 Å². The summed E-state index contributed by atoms with van der Waals surface area (Å²) < 4.78 is 0. The number of aliphatic imine (C=N–C) groups is 4. The lowest BCUT2D eigenvalue weighted by molar-refractivity contribution is 1.33. The van der Waals surface area contributed by atoms with E-state index in [1.54, 1.807) is 0 Å². The minimum atomic E-state index is 0.678. The molecule has 1 aliphatic heterocycles. The van der Waals surface area contributed by atoms with Crippen molar-refractivity contribution in [2.75, 3.05) is 0 Å². The largest absolute Gasteiger partial charge is 0.257 e. The lowest BCUT2D eigenvalue weighted by atomic mass is 9.98. The Morgan fingerprint density at radius 1 is 0.341 bits per heavy atom. The van der Waals surface area contributed by atoms with Gasteiger partial charge in [-0.05, 0) is 41.5 Å². The summed E-state index contributed by atoms with van der Waals surface area (Å²) in [6.07, 6.45) is 0. The van der Waals surface area contributed by atoms with Gasteiger partial charge in [-0.15, -0.1) is 0 Å². The minimum absolute atomic E-state index is 0.678. The Bertz CT molecular complexity index is 1900. The van der Waals surface area contributed by atoms with Crippen LogP contribution in [-0.2, 0) is 0 Å². The fraction of sp³-hybridized carbons (Fsp3) is 0.150. The maximum absolute atomic E-state index is 5.10. The Morgan fingerprint density at radius 3 is 0.932 bits per heavy atom. The van der Waals surface area contributed by atoms with Crippen molar-refractivity contribution in [1.82, 2.24) is 0 Å². The maximum Gasteiger partial charge on any atom is 0.0640 e. The van der Waals surface area contributed by atoms with E-state index in [0.717, 1.165) is 78.1 Å². The molecular weight excluding hydrogens is 536 g/mol. The van der Waals surface area contributed by atoms with Crippen LogP contribution in [0.1, 0.15) is 74.9 Å². The van der Waals surface area contributed by atoms with Gasteiger partial charge in [-0.25, -0.2) is 0 Å². The topological polar surface area (TPSA) is 49.4 Å². The third kappa shape index (κ3) is 6.25. The number of hydrogen-bond donors (Lipinski definition) is 0. The van der Waals surface area contributed by atoms with Crippen LogP contribution >= 0.6 is 0 Å². The van der Waals surface area contributed by atoms with E-state index in [2.05, 4.69) is 75.5 Å². The molecule has 4 aromatic carbocycles. The first-order valence-corrected chi connectivity index (χ1v) is 14.8. The highest BCUT2D eigenvalue weighted by atomic mass is 14.8. The van der Waals surface area contributed by atoms with Crippen molar-refractivity contribution in [2.24, 2.45) is 20.0 Å². The van der Waals surface area contributed by atoms with Crippen LogP contribution in [0.2, 0.25) is 0 Å². The molecule has 0 aliphatic carbocycles. The molecule has 0 N–H and O–H groups in total. The monoisotopic (exact) mass is 574 g/mol. The van der Waals surface area contributed by atoms with E-state index in [-0.39, 0.29) is 0 Å². The quantitative estimate of drug-likeness (QED) is 0.203. The van der Waals surface area contributed by atoms with E-state index in [4.69, 9.17) is 20.0 Å². The Balaban J connectivity index is 1.84. The SMILES string of the molecule is C=C1N=C(C)c2ccccc2C(C)=NC(=C)c2ccccc2C(C)=NC(C)=c2ccccc2=C(C)N=C(C)c2ccccc21. The van der Waals surface area contributed by atoms with Crippen molar-refractivity contribution in [2.45, 2.75) is 41.5 Å². The van der Waals surface area contributed by atoms with Gasteiger partial charge < -0.3 is 0 Å². The standard InChI is InChI=1S/C40H38N4/c1-25-33-17-9-10-18-34(33)27(3)42-29(5)37-21-13-14-22-38(37)31(7)44-32(8)40-24-16-15-23-39(40)30(6)43-28(4)36-20-12-11-19-35(36)26(2)41-25/h9-24H,1,6H2,2-5,7-8H3. The number of nitrogens with zero attached hydrogens (tertiary/aromatic N) is 4. The zero-order valence-electron chi connectivity index (χ0n) is 26.4. The molecule has 44 heavy (non-hydrogen) atoms. The molecule has 0 radical (unpaired) electrons. The Kier molecular flexibility index (Phi) is 8.91. The molecule has 0 saturated carbocycles. The van der Waals surface area contributed by atoms with Gasteiger partial charge in [0.25, 0.3) is 0 Å². The number of rotatable bonds is 0. The van der Waals surface area contributed by atoms with E-state index in [1.807, 2.05) is 76.2 Å². The van der Waals surface area contributed by atoms with Gasteiger partial charge in [0, 0.05) is 78.1 Å². The van der Waals surface area contributed by atoms with Gasteiger partial charge >= 0.3 is 0 Å². The Morgan fingerprint density at radius 2 is 0.591 bits per heavy atom. The van der Waals surface area contributed by atoms with Crippen LogP contribution in [0.5, 0.6) is 0 Å². The molecule has 4 nitrogen and oxygen atoms in total. The van der Waals surface area contributed by atoms with E-state index < -0.39 is 0 Å². The van der Waals surface area contributed by atoms with E-state index >= 15 is 0 Å². The van der Waals surface area contributed by atoms with Gasteiger partial charge in [0.05, 0.1) is 11.4 Å². The molecule has 4 heteroatoms. The predicted octanol–water partition coefficient (Wildman–Crippen LogP) is 8.23. The predicted molar refractivity (Wildman–Crippen MR) is 190 cm³/mol. The van der Waals surface area contributed by atoms with Crippen molar-refractivity contribution in [3.05, 3.63) is 154 Å². The van der Waals surface area contributed by atoms with E-state index in [9.17, 15) is 0 Å². The minimum Gasteiger partial charge on any atom is -0.257 e. The fourth-order valence-corrected chi connectivity index (χ4v) is 5.72. The summed E-state index contributed by atoms with van der Waals surface area (Å²) in [7, 11) is 0. The summed E-state index contributed by atoms with van der Waals surface area (Å²) in [5.41, 5.74) is 12.5. The maximum atomic E-state index is 5.10. The molecule has 218 valence electrons. The zero-order valence-corrected chi connectivity index (χ0v) is 26.4. The second kappa shape index (κ2) is 13.0. The highest BCUT2D eigenvalue weighted by Crippen LogP contribution is 2.25. The van der Waals surface area contributed by atoms with E-state index in [0.29, 0.717) is 11.4 Å². The average Bonchev–Trinajstić information content (AvgIpc) is 3.04. The van der Waals surface area contributed by atoms with Crippen LogP contribution in [0.3, 0.4) is 0 Å². The molecule has 0 spiro atoms. The molecule has 0 fully saturated rings. The molecule has 0 bridgehead atoms. The highest BCUT2D eigenvalue weighted by Gasteiger charge is 2.14. The molecule has 0 saturated heterocycles. The zero-order chi connectivity index (χ0) is 31.4. The van der Waals surface area contributed by atoms with Crippen molar-refractivity contribution in [1.29, 1.82) is 0 Å². The molecule has 0 atom stereocenters. The lowest BCUT2D eigenvalue weighted by Gasteiger charge is -2.14. The Hall–Kier alpha value is -5.22. The van der Waals surface area contributed by atoms with Gasteiger partial charge in [-0.1, -0.05) is 110 Å². The van der Waals surface area contributed by atoms with Crippen LogP contribution in [0.15, 0.2) is 130 Å². The molecule has 0 unspecified atom stereocenters. The smallest absolute Gasteiger partial charge is 0.0640 e. The Labute approximate surface area is 260 Å². The van der Waals surface area contributed by atoms with Crippen molar-refractivity contribution in [3.63, 3.8) is 0 Å². The normalized spacial score (nSPS) is 14.7.